The Morgan fingerprint density at radius 3 is 2.71 bits per heavy atom. The molecule has 0 aliphatic heterocycles. The number of imide groups is 1. The van der Waals surface area contributed by atoms with Crippen LogP contribution in [0.2, 0.25) is 0 Å². The van der Waals surface area contributed by atoms with E-state index in [0.29, 0.717) is 22.6 Å². The summed E-state index contributed by atoms with van der Waals surface area (Å²) in [4.78, 5) is 41.6. The number of thioether (sulfide) groups is 1. The summed E-state index contributed by atoms with van der Waals surface area (Å²) in [6.45, 7) is 2.45. The molecule has 0 radical (unpaired) electrons. The fourth-order valence-corrected chi connectivity index (χ4v) is 4.33. The number of aromatic nitrogens is 2. The molecule has 2 aromatic rings. The number of para-hydroxylation sites is 1. The van der Waals surface area contributed by atoms with Crippen LogP contribution in [0.4, 0.5) is 4.79 Å². The third-order valence-electron chi connectivity index (χ3n) is 4.84. The number of benzene rings is 1. The van der Waals surface area contributed by atoms with Gasteiger partial charge in [0.15, 0.2) is 5.16 Å². The summed E-state index contributed by atoms with van der Waals surface area (Å²) >= 11 is 1.20. The van der Waals surface area contributed by atoms with E-state index in [1.165, 1.54) is 18.2 Å². The maximum absolute atomic E-state index is 13.1. The first-order valence-corrected chi connectivity index (χ1v) is 10.8. The molecule has 0 spiro atoms. The van der Waals surface area contributed by atoms with E-state index in [1.54, 1.807) is 10.6 Å². The highest BCUT2D eigenvalue weighted by Crippen LogP contribution is 2.30. The van der Waals surface area contributed by atoms with Crippen molar-refractivity contribution in [2.24, 2.45) is 0 Å². The lowest BCUT2D eigenvalue weighted by Gasteiger charge is -2.26. The minimum atomic E-state index is -0.497. The van der Waals surface area contributed by atoms with Crippen molar-refractivity contribution >= 4 is 34.6 Å². The smallest absolute Gasteiger partial charge is 0.321 e. The predicted molar refractivity (Wildman–Crippen MR) is 111 cm³/mol. The fourth-order valence-electron chi connectivity index (χ4n) is 3.46. The van der Waals surface area contributed by atoms with Gasteiger partial charge in [0.25, 0.3) is 5.56 Å². The summed E-state index contributed by atoms with van der Waals surface area (Å²) in [5.74, 6) is -0.381. The number of hydrogen-bond donors (Lipinski definition) is 2. The van der Waals surface area contributed by atoms with Gasteiger partial charge in [0.2, 0.25) is 5.91 Å². The molecule has 1 aromatic carbocycles. The minimum Gasteiger partial charge on any atom is -0.338 e. The second kappa shape index (κ2) is 9.73. The van der Waals surface area contributed by atoms with E-state index in [4.69, 9.17) is 0 Å². The molecule has 3 amide bonds. The second-order valence-corrected chi connectivity index (χ2v) is 7.91. The monoisotopic (exact) mass is 402 g/mol. The SMILES string of the molecule is CCCNC(=O)NC(=O)CSc1nc2ccccc2c(=O)n1C1CCCCC1. The lowest BCUT2D eigenvalue weighted by Crippen LogP contribution is -2.40. The van der Waals surface area contributed by atoms with Gasteiger partial charge < -0.3 is 5.32 Å². The van der Waals surface area contributed by atoms with Gasteiger partial charge in [-0.2, -0.15) is 0 Å². The van der Waals surface area contributed by atoms with Crippen LogP contribution in [0.1, 0.15) is 51.5 Å². The van der Waals surface area contributed by atoms with Crippen molar-refractivity contribution in [3.05, 3.63) is 34.6 Å². The van der Waals surface area contributed by atoms with Gasteiger partial charge in [-0.15, -0.1) is 0 Å². The zero-order valence-corrected chi connectivity index (χ0v) is 16.9. The van der Waals surface area contributed by atoms with E-state index >= 15 is 0 Å². The van der Waals surface area contributed by atoms with Crippen LogP contribution in [-0.2, 0) is 4.79 Å². The molecule has 0 bridgehead atoms. The molecule has 0 atom stereocenters. The van der Waals surface area contributed by atoms with Crippen molar-refractivity contribution < 1.29 is 9.59 Å². The molecule has 7 nitrogen and oxygen atoms in total. The lowest BCUT2D eigenvalue weighted by molar-refractivity contribution is -0.117. The summed E-state index contributed by atoms with van der Waals surface area (Å²) in [6.07, 6.45) is 6.05. The van der Waals surface area contributed by atoms with Crippen molar-refractivity contribution in [2.75, 3.05) is 12.3 Å². The highest BCUT2D eigenvalue weighted by Gasteiger charge is 2.22. The number of nitrogens with zero attached hydrogens (tertiary/aromatic N) is 2. The lowest BCUT2D eigenvalue weighted by atomic mass is 9.95. The Bertz CT molecular complexity index is 906. The van der Waals surface area contributed by atoms with Crippen LogP contribution in [0.25, 0.3) is 10.9 Å². The normalized spacial score (nSPS) is 14.8. The van der Waals surface area contributed by atoms with Gasteiger partial charge in [-0.3, -0.25) is 19.5 Å². The molecular formula is C20H26N4O3S. The van der Waals surface area contributed by atoms with Gasteiger partial charge in [0, 0.05) is 12.6 Å². The first-order valence-electron chi connectivity index (χ1n) is 9.82. The summed E-state index contributed by atoms with van der Waals surface area (Å²) in [6, 6.07) is 6.90. The average Bonchev–Trinajstić information content (AvgIpc) is 2.71. The van der Waals surface area contributed by atoms with Crippen LogP contribution in [-0.4, -0.2) is 33.8 Å². The topological polar surface area (TPSA) is 93.1 Å². The Balaban J connectivity index is 1.81. The summed E-state index contributed by atoms with van der Waals surface area (Å²) in [5, 5.41) is 6.06. The Morgan fingerprint density at radius 2 is 1.96 bits per heavy atom. The number of carbonyl (C=O) groups is 2. The molecule has 150 valence electrons. The molecule has 1 heterocycles. The fraction of sp³-hybridized carbons (Fsp3) is 0.500. The van der Waals surface area contributed by atoms with Crippen LogP contribution in [0.15, 0.2) is 34.2 Å². The maximum atomic E-state index is 13.1. The van der Waals surface area contributed by atoms with E-state index in [9.17, 15) is 14.4 Å². The predicted octanol–water partition coefficient (Wildman–Crippen LogP) is 3.23. The standard InChI is InChI=1S/C20H26N4O3S/c1-2-12-21-19(27)23-17(25)13-28-20-22-16-11-7-6-10-15(16)18(26)24(20)14-8-4-3-5-9-14/h6-7,10-11,14H,2-5,8-9,12-13H2,1H3,(H2,21,23,25,27). The van der Waals surface area contributed by atoms with Crippen molar-refractivity contribution in [3.8, 4) is 0 Å². The largest absolute Gasteiger partial charge is 0.338 e. The van der Waals surface area contributed by atoms with Gasteiger partial charge in [-0.05, 0) is 31.4 Å². The molecule has 1 saturated carbocycles. The number of carbonyl (C=O) groups excluding carboxylic acids is 2. The number of fused-ring (bicyclic) bond motifs is 1. The molecule has 0 unspecified atom stereocenters. The van der Waals surface area contributed by atoms with E-state index in [0.717, 1.165) is 32.1 Å². The van der Waals surface area contributed by atoms with Crippen molar-refractivity contribution in [2.45, 2.75) is 56.6 Å². The molecule has 1 aromatic heterocycles. The van der Waals surface area contributed by atoms with E-state index < -0.39 is 11.9 Å². The van der Waals surface area contributed by atoms with Crippen LogP contribution < -0.4 is 16.2 Å². The molecule has 1 aliphatic carbocycles. The van der Waals surface area contributed by atoms with Gasteiger partial charge in [0.1, 0.15) is 0 Å². The third kappa shape index (κ3) is 4.92. The quantitative estimate of drug-likeness (QED) is 0.572. The summed E-state index contributed by atoms with van der Waals surface area (Å²) < 4.78 is 1.76. The van der Waals surface area contributed by atoms with Gasteiger partial charge >= 0.3 is 6.03 Å². The van der Waals surface area contributed by atoms with Crippen LogP contribution in [0.5, 0.6) is 0 Å². The van der Waals surface area contributed by atoms with Crippen molar-refractivity contribution in [3.63, 3.8) is 0 Å². The Kier molecular flexibility index (Phi) is 7.08. The number of rotatable bonds is 6. The first kappa shape index (κ1) is 20.4. The zero-order chi connectivity index (χ0) is 19.9. The van der Waals surface area contributed by atoms with Crippen molar-refractivity contribution in [1.29, 1.82) is 0 Å². The highest BCUT2D eigenvalue weighted by atomic mass is 32.2. The number of nitrogens with one attached hydrogen (secondary N) is 2. The highest BCUT2D eigenvalue weighted by molar-refractivity contribution is 7.99. The zero-order valence-electron chi connectivity index (χ0n) is 16.1. The summed E-state index contributed by atoms with van der Waals surface area (Å²) in [7, 11) is 0. The molecule has 28 heavy (non-hydrogen) atoms. The number of urea groups is 1. The van der Waals surface area contributed by atoms with Crippen LogP contribution >= 0.6 is 11.8 Å². The van der Waals surface area contributed by atoms with E-state index in [2.05, 4.69) is 15.6 Å². The van der Waals surface area contributed by atoms with Crippen LogP contribution in [0.3, 0.4) is 0 Å². The molecule has 1 aliphatic rings. The van der Waals surface area contributed by atoms with E-state index in [-0.39, 0.29) is 17.4 Å². The summed E-state index contributed by atoms with van der Waals surface area (Å²) in [5.41, 5.74) is 0.573. The van der Waals surface area contributed by atoms with Gasteiger partial charge in [-0.1, -0.05) is 50.1 Å². The molecule has 3 rings (SSSR count). The first-order chi connectivity index (χ1) is 13.6. The Hall–Kier alpha value is -2.35. The Morgan fingerprint density at radius 1 is 1.21 bits per heavy atom. The van der Waals surface area contributed by atoms with Gasteiger partial charge in [-0.25, -0.2) is 9.78 Å². The molecule has 0 saturated heterocycles. The van der Waals surface area contributed by atoms with Crippen molar-refractivity contribution in [1.82, 2.24) is 20.2 Å². The number of hydrogen-bond acceptors (Lipinski definition) is 5. The Labute approximate surface area is 168 Å². The minimum absolute atomic E-state index is 0.0248. The molecule has 1 fully saturated rings. The number of amides is 3. The third-order valence-corrected chi connectivity index (χ3v) is 5.79. The molecule has 8 heteroatoms. The average molecular weight is 403 g/mol. The molecule has 2 N–H and O–H groups in total. The van der Waals surface area contributed by atoms with Crippen LogP contribution in [0, 0.1) is 0 Å². The molecular weight excluding hydrogens is 376 g/mol. The van der Waals surface area contributed by atoms with Gasteiger partial charge in [0.05, 0.1) is 16.7 Å². The van der Waals surface area contributed by atoms with E-state index in [1.807, 2.05) is 25.1 Å². The maximum Gasteiger partial charge on any atom is 0.321 e. The second-order valence-electron chi connectivity index (χ2n) is 6.97.